The second-order valence-electron chi connectivity index (χ2n) is 6.40. The summed E-state index contributed by atoms with van der Waals surface area (Å²) in [7, 11) is 3.99. The maximum Gasteiger partial charge on any atom is 0.255 e. The summed E-state index contributed by atoms with van der Waals surface area (Å²) in [5.41, 5.74) is 2.62. The van der Waals surface area contributed by atoms with Crippen LogP contribution in [0.1, 0.15) is 32.7 Å². The average Bonchev–Trinajstić information content (AvgIpc) is 2.61. The highest BCUT2D eigenvalue weighted by atomic mass is 35.5. The predicted octanol–water partition coefficient (Wildman–Crippen LogP) is 3.58. The Kier molecular flexibility index (Phi) is 7.18. The van der Waals surface area contributed by atoms with Crippen molar-refractivity contribution in [2.75, 3.05) is 32.5 Å². The lowest BCUT2D eigenvalue weighted by Gasteiger charge is -2.11. The van der Waals surface area contributed by atoms with Crippen LogP contribution in [0.15, 0.2) is 42.5 Å². The Morgan fingerprint density at radius 3 is 2.19 bits per heavy atom. The van der Waals surface area contributed by atoms with Gasteiger partial charge in [0.05, 0.1) is 0 Å². The Balaban J connectivity index is 1.93. The Labute approximate surface area is 159 Å². The highest BCUT2D eigenvalue weighted by Crippen LogP contribution is 2.20. The van der Waals surface area contributed by atoms with Crippen molar-refractivity contribution in [3.8, 4) is 0 Å². The molecule has 6 heteroatoms. The van der Waals surface area contributed by atoms with Crippen molar-refractivity contribution in [2.24, 2.45) is 0 Å². The van der Waals surface area contributed by atoms with Crippen LogP contribution in [0.2, 0.25) is 5.02 Å². The average molecular weight is 374 g/mol. The fourth-order valence-electron chi connectivity index (χ4n) is 2.43. The van der Waals surface area contributed by atoms with Gasteiger partial charge in [0.2, 0.25) is 0 Å². The van der Waals surface area contributed by atoms with Gasteiger partial charge in [-0.15, -0.1) is 0 Å². The molecule has 0 spiro atoms. The van der Waals surface area contributed by atoms with E-state index in [2.05, 4.69) is 15.5 Å². The normalized spacial score (nSPS) is 10.7. The molecule has 0 aliphatic rings. The minimum absolute atomic E-state index is 0.135. The SMILES string of the molecule is Cc1cc(Cl)ccc1NC(=O)c1ccc(C(=O)NCCCN(C)C)cc1. The maximum atomic E-state index is 12.4. The molecule has 0 saturated carbocycles. The van der Waals surface area contributed by atoms with Crippen LogP contribution in [-0.4, -0.2) is 43.9 Å². The van der Waals surface area contributed by atoms with Crippen molar-refractivity contribution >= 4 is 29.1 Å². The molecule has 2 aromatic carbocycles. The van der Waals surface area contributed by atoms with E-state index < -0.39 is 0 Å². The summed E-state index contributed by atoms with van der Waals surface area (Å²) >= 11 is 5.93. The number of halogens is 1. The van der Waals surface area contributed by atoms with E-state index in [1.54, 1.807) is 42.5 Å². The summed E-state index contributed by atoms with van der Waals surface area (Å²) in [6.07, 6.45) is 0.889. The van der Waals surface area contributed by atoms with E-state index >= 15 is 0 Å². The summed E-state index contributed by atoms with van der Waals surface area (Å²) in [5, 5.41) is 6.36. The van der Waals surface area contributed by atoms with Gasteiger partial charge >= 0.3 is 0 Å². The summed E-state index contributed by atoms with van der Waals surface area (Å²) in [4.78, 5) is 26.5. The number of nitrogens with zero attached hydrogens (tertiary/aromatic N) is 1. The highest BCUT2D eigenvalue weighted by molar-refractivity contribution is 6.30. The fourth-order valence-corrected chi connectivity index (χ4v) is 2.66. The topological polar surface area (TPSA) is 61.4 Å². The van der Waals surface area contributed by atoms with E-state index in [9.17, 15) is 9.59 Å². The number of anilines is 1. The number of rotatable bonds is 7. The van der Waals surface area contributed by atoms with Crippen LogP contribution in [0, 0.1) is 6.92 Å². The molecule has 26 heavy (non-hydrogen) atoms. The molecule has 0 bridgehead atoms. The van der Waals surface area contributed by atoms with Crippen LogP contribution in [-0.2, 0) is 0 Å². The summed E-state index contributed by atoms with van der Waals surface area (Å²) in [6, 6.07) is 11.9. The van der Waals surface area contributed by atoms with Crippen molar-refractivity contribution < 1.29 is 9.59 Å². The van der Waals surface area contributed by atoms with Gasteiger partial charge in [0.1, 0.15) is 0 Å². The van der Waals surface area contributed by atoms with E-state index in [0.29, 0.717) is 28.4 Å². The molecule has 2 amide bonds. The maximum absolute atomic E-state index is 12.4. The molecule has 0 aromatic heterocycles. The first-order chi connectivity index (χ1) is 12.4. The van der Waals surface area contributed by atoms with E-state index in [1.165, 1.54) is 0 Å². The number of amides is 2. The zero-order valence-corrected chi connectivity index (χ0v) is 16.1. The number of nitrogens with one attached hydrogen (secondary N) is 2. The molecular weight excluding hydrogens is 350 g/mol. The highest BCUT2D eigenvalue weighted by Gasteiger charge is 2.10. The molecule has 2 N–H and O–H groups in total. The quantitative estimate of drug-likeness (QED) is 0.729. The van der Waals surface area contributed by atoms with Crippen molar-refractivity contribution in [1.29, 1.82) is 0 Å². The van der Waals surface area contributed by atoms with Crippen molar-refractivity contribution in [3.63, 3.8) is 0 Å². The van der Waals surface area contributed by atoms with Crippen LogP contribution in [0.3, 0.4) is 0 Å². The summed E-state index contributed by atoms with van der Waals surface area (Å²) in [5.74, 6) is -0.363. The molecule has 0 heterocycles. The zero-order chi connectivity index (χ0) is 19.1. The lowest BCUT2D eigenvalue weighted by molar-refractivity contribution is 0.0950. The number of hydrogen-bond acceptors (Lipinski definition) is 3. The summed E-state index contributed by atoms with van der Waals surface area (Å²) in [6.45, 7) is 3.42. The zero-order valence-electron chi connectivity index (χ0n) is 15.3. The smallest absolute Gasteiger partial charge is 0.255 e. The molecule has 5 nitrogen and oxygen atoms in total. The second kappa shape index (κ2) is 9.36. The molecule has 0 aliphatic carbocycles. The Bertz CT molecular complexity index is 773. The standard InChI is InChI=1S/C20H24ClN3O2/c1-14-13-17(21)9-10-18(14)23-20(26)16-7-5-15(6-8-16)19(25)22-11-4-12-24(2)3/h5-10,13H,4,11-12H2,1-3H3,(H,22,25)(H,23,26). The molecule has 0 aliphatic heterocycles. The van der Waals surface area contributed by atoms with Gasteiger partial charge in [0, 0.05) is 28.4 Å². The molecule has 2 aromatic rings. The first kappa shape index (κ1) is 19.9. The number of carbonyl (C=O) groups excluding carboxylic acids is 2. The second-order valence-corrected chi connectivity index (χ2v) is 6.84. The Hall–Kier alpha value is -2.37. The molecule has 0 unspecified atom stereocenters. The van der Waals surface area contributed by atoms with Gasteiger partial charge in [-0.05, 0) is 82.0 Å². The molecule has 2 rings (SSSR count). The van der Waals surface area contributed by atoms with E-state index in [1.807, 2.05) is 21.0 Å². The minimum Gasteiger partial charge on any atom is -0.352 e. The van der Waals surface area contributed by atoms with Gasteiger partial charge in [-0.1, -0.05) is 11.6 Å². The molecular formula is C20H24ClN3O2. The van der Waals surface area contributed by atoms with Gasteiger partial charge in [-0.3, -0.25) is 9.59 Å². The third kappa shape index (κ3) is 5.86. The first-order valence-corrected chi connectivity index (χ1v) is 8.85. The Morgan fingerprint density at radius 1 is 1.00 bits per heavy atom. The van der Waals surface area contributed by atoms with Crippen LogP contribution >= 0.6 is 11.6 Å². The Morgan fingerprint density at radius 2 is 1.62 bits per heavy atom. The minimum atomic E-state index is -0.228. The molecule has 0 radical (unpaired) electrons. The van der Waals surface area contributed by atoms with Gasteiger partial charge in [-0.25, -0.2) is 0 Å². The van der Waals surface area contributed by atoms with Crippen LogP contribution in [0.4, 0.5) is 5.69 Å². The molecule has 0 fully saturated rings. The lowest BCUT2D eigenvalue weighted by Crippen LogP contribution is -2.27. The van der Waals surface area contributed by atoms with Crippen molar-refractivity contribution in [1.82, 2.24) is 10.2 Å². The predicted molar refractivity (Wildman–Crippen MR) is 106 cm³/mol. The number of hydrogen-bond donors (Lipinski definition) is 2. The molecule has 0 saturated heterocycles. The van der Waals surface area contributed by atoms with Crippen LogP contribution < -0.4 is 10.6 Å². The van der Waals surface area contributed by atoms with Crippen LogP contribution in [0.25, 0.3) is 0 Å². The number of aryl methyl sites for hydroxylation is 1. The monoisotopic (exact) mass is 373 g/mol. The van der Waals surface area contributed by atoms with E-state index in [0.717, 1.165) is 18.5 Å². The molecule has 0 atom stereocenters. The molecule has 138 valence electrons. The first-order valence-electron chi connectivity index (χ1n) is 8.47. The van der Waals surface area contributed by atoms with Crippen LogP contribution in [0.5, 0.6) is 0 Å². The van der Waals surface area contributed by atoms with Crippen molar-refractivity contribution in [3.05, 3.63) is 64.2 Å². The van der Waals surface area contributed by atoms with Gasteiger partial charge < -0.3 is 15.5 Å². The van der Waals surface area contributed by atoms with E-state index in [-0.39, 0.29) is 11.8 Å². The summed E-state index contributed by atoms with van der Waals surface area (Å²) < 4.78 is 0. The fraction of sp³-hybridized carbons (Fsp3) is 0.300. The third-order valence-corrected chi connectivity index (χ3v) is 4.15. The van der Waals surface area contributed by atoms with Crippen molar-refractivity contribution in [2.45, 2.75) is 13.3 Å². The number of benzene rings is 2. The van der Waals surface area contributed by atoms with Gasteiger partial charge in [-0.2, -0.15) is 0 Å². The van der Waals surface area contributed by atoms with E-state index in [4.69, 9.17) is 11.6 Å². The van der Waals surface area contributed by atoms with Gasteiger partial charge in [0.25, 0.3) is 11.8 Å². The largest absolute Gasteiger partial charge is 0.352 e. The van der Waals surface area contributed by atoms with Gasteiger partial charge in [0.15, 0.2) is 0 Å². The lowest BCUT2D eigenvalue weighted by atomic mass is 10.1. The third-order valence-electron chi connectivity index (χ3n) is 3.91. The number of carbonyl (C=O) groups is 2.